The van der Waals surface area contributed by atoms with Gasteiger partial charge in [-0.1, -0.05) is 47.7 Å². The van der Waals surface area contributed by atoms with Gasteiger partial charge in [-0.2, -0.15) is 0 Å². The maximum atomic E-state index is 7.78. The number of nitrogen functional groups attached to an aromatic ring is 1. The highest BCUT2D eigenvalue weighted by Gasteiger charge is 2.12. The third kappa shape index (κ3) is 2.76. The highest BCUT2D eigenvalue weighted by molar-refractivity contribution is 7.99. The molecule has 2 aromatic carbocycles. The zero-order valence-corrected chi connectivity index (χ0v) is 12.4. The Morgan fingerprint density at radius 1 is 1.10 bits per heavy atom. The van der Waals surface area contributed by atoms with Gasteiger partial charge in [0.25, 0.3) is 0 Å². The van der Waals surface area contributed by atoms with Crippen LogP contribution in [-0.4, -0.2) is 10.8 Å². The highest BCUT2D eigenvalue weighted by atomic mass is 32.2. The van der Waals surface area contributed by atoms with Gasteiger partial charge >= 0.3 is 0 Å². The molecular weight excluding hydrogens is 278 g/mol. The first-order valence-corrected chi connectivity index (χ1v) is 7.43. The number of aryl methyl sites for hydroxylation is 1. The van der Waals surface area contributed by atoms with Crippen molar-refractivity contribution in [3.63, 3.8) is 0 Å². The Kier molecular flexibility index (Phi) is 3.62. The topological polar surface area (TPSA) is 62.8 Å². The van der Waals surface area contributed by atoms with Gasteiger partial charge in [-0.15, -0.1) is 0 Å². The summed E-state index contributed by atoms with van der Waals surface area (Å²) in [6, 6.07) is 16.3. The fourth-order valence-electron chi connectivity index (χ4n) is 2.14. The number of nitrogens with two attached hydrogens (primary N) is 1. The fourth-order valence-corrected chi connectivity index (χ4v) is 3.21. The molecule has 0 radical (unpaired) electrons. The number of para-hydroxylation sites is 1. The number of pyridine rings is 1. The molecule has 4 heteroatoms. The molecule has 0 saturated heterocycles. The van der Waals surface area contributed by atoms with Crippen molar-refractivity contribution in [1.29, 1.82) is 5.41 Å². The van der Waals surface area contributed by atoms with Crippen LogP contribution in [0.15, 0.2) is 64.5 Å². The van der Waals surface area contributed by atoms with Crippen molar-refractivity contribution in [2.75, 3.05) is 0 Å². The lowest BCUT2D eigenvalue weighted by Gasteiger charge is -2.11. The molecule has 0 saturated carbocycles. The maximum absolute atomic E-state index is 7.78. The SMILES string of the molecule is Cc1ccc(Sc2c(C(=N)N)cnc3ccccc23)cc1. The third-order valence-corrected chi connectivity index (χ3v) is 4.41. The van der Waals surface area contributed by atoms with Gasteiger partial charge in [0.05, 0.1) is 5.52 Å². The molecule has 3 nitrogen and oxygen atoms in total. The van der Waals surface area contributed by atoms with E-state index in [0.717, 1.165) is 20.7 Å². The summed E-state index contributed by atoms with van der Waals surface area (Å²) in [5.41, 5.74) is 8.53. The molecule has 3 N–H and O–H groups in total. The summed E-state index contributed by atoms with van der Waals surface area (Å²) >= 11 is 1.62. The molecule has 3 aromatic rings. The van der Waals surface area contributed by atoms with Gasteiger partial charge in [-0.05, 0) is 25.1 Å². The van der Waals surface area contributed by atoms with Crippen LogP contribution in [0.3, 0.4) is 0 Å². The van der Waals surface area contributed by atoms with Gasteiger partial charge < -0.3 is 5.73 Å². The maximum Gasteiger partial charge on any atom is 0.125 e. The summed E-state index contributed by atoms with van der Waals surface area (Å²) in [6.45, 7) is 2.07. The van der Waals surface area contributed by atoms with E-state index >= 15 is 0 Å². The lowest BCUT2D eigenvalue weighted by Crippen LogP contribution is -2.13. The summed E-state index contributed by atoms with van der Waals surface area (Å²) in [5, 5.41) is 8.80. The number of hydrogen-bond acceptors (Lipinski definition) is 3. The minimum absolute atomic E-state index is 0.0443. The Hall–Kier alpha value is -2.33. The molecule has 0 atom stereocenters. The van der Waals surface area contributed by atoms with Crippen LogP contribution in [0.2, 0.25) is 0 Å². The number of hydrogen-bond donors (Lipinski definition) is 2. The van der Waals surface area contributed by atoms with Gasteiger partial charge in [0, 0.05) is 26.9 Å². The van der Waals surface area contributed by atoms with Crippen LogP contribution in [0.5, 0.6) is 0 Å². The van der Waals surface area contributed by atoms with Gasteiger partial charge in [-0.25, -0.2) is 0 Å². The van der Waals surface area contributed by atoms with Gasteiger partial charge in [0.2, 0.25) is 0 Å². The van der Waals surface area contributed by atoms with Crippen LogP contribution < -0.4 is 5.73 Å². The predicted molar refractivity (Wildman–Crippen MR) is 88.1 cm³/mol. The molecular formula is C17H15N3S. The first kappa shape index (κ1) is 13.6. The van der Waals surface area contributed by atoms with Crippen LogP contribution in [0, 0.1) is 12.3 Å². The lowest BCUT2D eigenvalue weighted by molar-refractivity contribution is 1.28. The monoisotopic (exact) mass is 293 g/mol. The molecule has 0 amide bonds. The van der Waals surface area contributed by atoms with Crippen molar-refractivity contribution < 1.29 is 0 Å². The molecule has 0 bridgehead atoms. The number of amidine groups is 1. The molecule has 0 aliphatic carbocycles. The van der Waals surface area contributed by atoms with Crippen molar-refractivity contribution in [3.05, 3.63) is 65.9 Å². The Labute approximate surface area is 127 Å². The number of aromatic nitrogens is 1. The van der Waals surface area contributed by atoms with Crippen molar-refractivity contribution in [1.82, 2.24) is 4.98 Å². The number of nitrogens with zero attached hydrogens (tertiary/aromatic N) is 1. The summed E-state index contributed by atoms with van der Waals surface area (Å²) < 4.78 is 0. The average molecular weight is 293 g/mol. The van der Waals surface area contributed by atoms with Crippen molar-refractivity contribution in [3.8, 4) is 0 Å². The number of fused-ring (bicyclic) bond motifs is 1. The predicted octanol–water partition coefficient (Wildman–Crippen LogP) is 3.98. The van der Waals surface area contributed by atoms with E-state index in [1.807, 2.05) is 24.3 Å². The first-order chi connectivity index (χ1) is 10.1. The smallest absolute Gasteiger partial charge is 0.125 e. The van der Waals surface area contributed by atoms with E-state index < -0.39 is 0 Å². The van der Waals surface area contributed by atoms with E-state index in [0.29, 0.717) is 5.56 Å². The normalized spacial score (nSPS) is 10.7. The molecule has 0 aliphatic heterocycles. The van der Waals surface area contributed by atoms with Gasteiger partial charge in [0.15, 0.2) is 0 Å². The fraction of sp³-hybridized carbons (Fsp3) is 0.0588. The molecule has 0 unspecified atom stereocenters. The highest BCUT2D eigenvalue weighted by Crippen LogP contribution is 2.35. The molecule has 21 heavy (non-hydrogen) atoms. The van der Waals surface area contributed by atoms with E-state index in [1.165, 1.54) is 5.56 Å². The van der Waals surface area contributed by atoms with Crippen LogP contribution in [0.25, 0.3) is 10.9 Å². The minimum Gasteiger partial charge on any atom is -0.384 e. The Morgan fingerprint density at radius 3 is 2.52 bits per heavy atom. The summed E-state index contributed by atoms with van der Waals surface area (Å²) in [6.07, 6.45) is 1.68. The number of nitrogens with one attached hydrogen (secondary N) is 1. The van der Waals surface area contributed by atoms with E-state index in [-0.39, 0.29) is 5.84 Å². The molecule has 3 rings (SSSR count). The molecule has 1 aromatic heterocycles. The summed E-state index contributed by atoms with van der Waals surface area (Å²) in [4.78, 5) is 6.49. The lowest BCUT2D eigenvalue weighted by atomic mass is 10.1. The average Bonchev–Trinajstić information content (AvgIpc) is 2.49. The van der Waals surface area contributed by atoms with E-state index in [4.69, 9.17) is 11.1 Å². The minimum atomic E-state index is 0.0443. The van der Waals surface area contributed by atoms with Crippen LogP contribution in [-0.2, 0) is 0 Å². The second kappa shape index (κ2) is 5.58. The second-order valence-electron chi connectivity index (χ2n) is 4.85. The third-order valence-electron chi connectivity index (χ3n) is 3.26. The van der Waals surface area contributed by atoms with E-state index in [2.05, 4.69) is 36.2 Å². The quantitative estimate of drug-likeness (QED) is 0.567. The Bertz CT molecular complexity index is 810. The van der Waals surface area contributed by atoms with E-state index in [9.17, 15) is 0 Å². The number of benzene rings is 2. The largest absolute Gasteiger partial charge is 0.384 e. The molecule has 0 spiro atoms. The Balaban J connectivity index is 2.16. The van der Waals surface area contributed by atoms with Gasteiger partial charge in [-0.3, -0.25) is 10.4 Å². The standard InChI is InChI=1S/C17H15N3S/c1-11-6-8-12(9-7-11)21-16-13-4-2-3-5-15(13)20-10-14(16)17(18)19/h2-10H,1H3,(H3,18,19). The zero-order chi connectivity index (χ0) is 14.8. The summed E-state index contributed by atoms with van der Waals surface area (Å²) in [7, 11) is 0. The van der Waals surface area contributed by atoms with Crippen molar-refractivity contribution >= 4 is 28.5 Å². The molecule has 104 valence electrons. The van der Waals surface area contributed by atoms with Crippen LogP contribution in [0.1, 0.15) is 11.1 Å². The number of rotatable bonds is 3. The zero-order valence-electron chi connectivity index (χ0n) is 11.6. The molecule has 1 heterocycles. The second-order valence-corrected chi connectivity index (χ2v) is 5.93. The van der Waals surface area contributed by atoms with Crippen LogP contribution in [0.4, 0.5) is 0 Å². The first-order valence-electron chi connectivity index (χ1n) is 6.62. The molecule has 0 fully saturated rings. The Morgan fingerprint density at radius 2 is 1.81 bits per heavy atom. The van der Waals surface area contributed by atoms with Crippen molar-refractivity contribution in [2.45, 2.75) is 16.7 Å². The van der Waals surface area contributed by atoms with Gasteiger partial charge in [0.1, 0.15) is 5.84 Å². The van der Waals surface area contributed by atoms with Crippen LogP contribution >= 0.6 is 11.8 Å². The summed E-state index contributed by atoms with van der Waals surface area (Å²) in [5.74, 6) is 0.0443. The van der Waals surface area contributed by atoms with Crippen molar-refractivity contribution in [2.24, 2.45) is 5.73 Å². The molecule has 0 aliphatic rings. The van der Waals surface area contributed by atoms with E-state index in [1.54, 1.807) is 18.0 Å².